The van der Waals surface area contributed by atoms with Crippen LogP contribution in [0.25, 0.3) is 0 Å². The number of halogens is 1. The molecule has 1 heterocycles. The van der Waals surface area contributed by atoms with E-state index >= 15 is 0 Å². The summed E-state index contributed by atoms with van der Waals surface area (Å²) in [6, 6.07) is 4.74. The summed E-state index contributed by atoms with van der Waals surface area (Å²) in [7, 11) is 0. The van der Waals surface area contributed by atoms with Crippen molar-refractivity contribution < 1.29 is 4.39 Å². The molecule has 0 unspecified atom stereocenters. The molecule has 1 aromatic rings. The molecule has 3 N–H and O–H groups in total. The van der Waals surface area contributed by atoms with E-state index in [4.69, 9.17) is 0 Å². The van der Waals surface area contributed by atoms with Crippen LogP contribution in [0.4, 0.5) is 15.8 Å². The third-order valence-electron chi connectivity index (χ3n) is 4.24. The van der Waals surface area contributed by atoms with Gasteiger partial charge in [0, 0.05) is 23.1 Å². The standard InChI is InChI=1S/C18H28FN3/c1-5-20-8-6-7-16-10-15-11-17(21-14(4)13(3)19)9-12(2)18(15)22-16/h9,11,16,20-22H,5-8,10H2,1-4H3/b14-13-/t16-/m0/s1. The molecule has 2 rings (SSSR count). The van der Waals surface area contributed by atoms with Crippen LogP contribution < -0.4 is 16.0 Å². The molecular formula is C18H28FN3. The zero-order valence-corrected chi connectivity index (χ0v) is 14.1. The van der Waals surface area contributed by atoms with E-state index in [0.29, 0.717) is 11.7 Å². The number of allylic oxidation sites excluding steroid dienone is 2. The van der Waals surface area contributed by atoms with Crippen molar-refractivity contribution in [3.63, 3.8) is 0 Å². The predicted octanol–water partition coefficient (Wildman–Crippen LogP) is 4.35. The summed E-state index contributed by atoms with van der Waals surface area (Å²) in [5.74, 6) is -0.169. The molecule has 0 amide bonds. The smallest absolute Gasteiger partial charge is 0.116 e. The minimum absolute atomic E-state index is 0.169. The Morgan fingerprint density at radius 3 is 2.82 bits per heavy atom. The molecule has 1 aromatic carbocycles. The monoisotopic (exact) mass is 305 g/mol. The average molecular weight is 305 g/mol. The molecule has 0 aromatic heterocycles. The lowest BCUT2D eigenvalue weighted by Gasteiger charge is -2.13. The van der Waals surface area contributed by atoms with Crippen LogP contribution in [-0.4, -0.2) is 19.1 Å². The molecule has 1 aliphatic heterocycles. The van der Waals surface area contributed by atoms with E-state index in [2.05, 4.69) is 41.9 Å². The lowest BCUT2D eigenvalue weighted by atomic mass is 10.0. The van der Waals surface area contributed by atoms with Gasteiger partial charge in [0.25, 0.3) is 0 Å². The topological polar surface area (TPSA) is 36.1 Å². The Labute approximate surface area is 133 Å². The van der Waals surface area contributed by atoms with Crippen LogP contribution in [0.3, 0.4) is 0 Å². The molecule has 4 heteroatoms. The number of nitrogens with one attached hydrogen (secondary N) is 3. The Kier molecular flexibility index (Phi) is 5.83. The van der Waals surface area contributed by atoms with Crippen LogP contribution in [0, 0.1) is 6.92 Å². The van der Waals surface area contributed by atoms with Gasteiger partial charge in [-0.3, -0.25) is 0 Å². The van der Waals surface area contributed by atoms with E-state index in [1.807, 2.05) is 0 Å². The number of rotatable bonds is 7. The quantitative estimate of drug-likeness (QED) is 0.655. The molecule has 1 aliphatic rings. The van der Waals surface area contributed by atoms with Gasteiger partial charge in [0.2, 0.25) is 0 Å². The molecule has 0 saturated carbocycles. The summed E-state index contributed by atoms with van der Waals surface area (Å²) in [6.07, 6.45) is 3.41. The summed E-state index contributed by atoms with van der Waals surface area (Å²) in [5.41, 5.74) is 5.37. The Balaban J connectivity index is 2.01. The number of aryl methyl sites for hydroxylation is 1. The number of hydrogen-bond donors (Lipinski definition) is 3. The Morgan fingerprint density at radius 1 is 1.36 bits per heavy atom. The van der Waals surface area contributed by atoms with Crippen molar-refractivity contribution in [1.29, 1.82) is 0 Å². The van der Waals surface area contributed by atoms with Gasteiger partial charge < -0.3 is 16.0 Å². The van der Waals surface area contributed by atoms with Crippen LogP contribution >= 0.6 is 0 Å². The van der Waals surface area contributed by atoms with Gasteiger partial charge in [-0.1, -0.05) is 6.92 Å². The number of benzene rings is 1. The minimum Gasteiger partial charge on any atom is -0.382 e. The normalized spacial score (nSPS) is 17.8. The molecular weight excluding hydrogens is 277 g/mol. The van der Waals surface area contributed by atoms with E-state index in [1.54, 1.807) is 6.92 Å². The molecule has 0 aliphatic carbocycles. The van der Waals surface area contributed by atoms with Gasteiger partial charge in [-0.25, -0.2) is 4.39 Å². The summed E-state index contributed by atoms with van der Waals surface area (Å²) >= 11 is 0. The van der Waals surface area contributed by atoms with Crippen LogP contribution in [0.5, 0.6) is 0 Å². The summed E-state index contributed by atoms with van der Waals surface area (Å²) < 4.78 is 13.2. The second kappa shape index (κ2) is 7.63. The van der Waals surface area contributed by atoms with Crippen molar-refractivity contribution in [2.45, 2.75) is 53.0 Å². The first kappa shape index (κ1) is 16.8. The zero-order chi connectivity index (χ0) is 16.1. The minimum atomic E-state index is -0.169. The van der Waals surface area contributed by atoms with Crippen LogP contribution in [0.2, 0.25) is 0 Å². The fourth-order valence-corrected chi connectivity index (χ4v) is 2.95. The maximum Gasteiger partial charge on any atom is 0.116 e. The second-order valence-corrected chi connectivity index (χ2v) is 6.15. The largest absolute Gasteiger partial charge is 0.382 e. The van der Waals surface area contributed by atoms with Gasteiger partial charge in [-0.15, -0.1) is 0 Å². The lowest BCUT2D eigenvalue weighted by Crippen LogP contribution is -2.20. The zero-order valence-electron chi connectivity index (χ0n) is 14.1. The van der Waals surface area contributed by atoms with Crippen molar-refractivity contribution in [2.75, 3.05) is 23.7 Å². The fraction of sp³-hybridized carbons (Fsp3) is 0.556. The summed E-state index contributed by atoms with van der Waals surface area (Å²) in [5, 5.41) is 10.2. The van der Waals surface area contributed by atoms with Crippen molar-refractivity contribution in [2.24, 2.45) is 0 Å². The molecule has 1 atom stereocenters. The molecule has 22 heavy (non-hydrogen) atoms. The number of fused-ring (bicyclic) bond motifs is 1. The van der Waals surface area contributed by atoms with E-state index in [0.717, 1.165) is 25.2 Å². The van der Waals surface area contributed by atoms with Crippen molar-refractivity contribution >= 4 is 11.4 Å². The third-order valence-corrected chi connectivity index (χ3v) is 4.24. The molecule has 0 saturated heterocycles. The van der Waals surface area contributed by atoms with E-state index in [-0.39, 0.29) is 5.83 Å². The van der Waals surface area contributed by atoms with Gasteiger partial charge in [0.05, 0.1) is 0 Å². The van der Waals surface area contributed by atoms with Crippen LogP contribution in [0.1, 0.15) is 44.7 Å². The van der Waals surface area contributed by atoms with Gasteiger partial charge in [0.15, 0.2) is 0 Å². The number of anilines is 2. The van der Waals surface area contributed by atoms with Gasteiger partial charge in [-0.2, -0.15) is 0 Å². The molecule has 0 spiro atoms. The van der Waals surface area contributed by atoms with Crippen molar-refractivity contribution in [3.05, 3.63) is 34.8 Å². The highest BCUT2D eigenvalue weighted by Gasteiger charge is 2.22. The summed E-state index contributed by atoms with van der Waals surface area (Å²) in [4.78, 5) is 0. The average Bonchev–Trinajstić information content (AvgIpc) is 2.87. The maximum absolute atomic E-state index is 13.2. The Bertz CT molecular complexity index is 548. The fourth-order valence-electron chi connectivity index (χ4n) is 2.95. The SMILES string of the molecule is CCNCCC[C@H]1Cc2cc(N/C(C)=C(/C)F)cc(C)c2N1. The van der Waals surface area contributed by atoms with E-state index in [9.17, 15) is 4.39 Å². The first-order valence-corrected chi connectivity index (χ1v) is 8.22. The van der Waals surface area contributed by atoms with Crippen LogP contribution in [0.15, 0.2) is 23.7 Å². The Hall–Kier alpha value is -1.55. The highest BCUT2D eigenvalue weighted by atomic mass is 19.1. The highest BCUT2D eigenvalue weighted by molar-refractivity contribution is 5.68. The molecule has 0 bridgehead atoms. The third kappa shape index (κ3) is 4.23. The first-order valence-electron chi connectivity index (χ1n) is 8.22. The number of hydrogen-bond acceptors (Lipinski definition) is 3. The summed E-state index contributed by atoms with van der Waals surface area (Å²) in [6.45, 7) is 9.60. The highest BCUT2D eigenvalue weighted by Crippen LogP contribution is 2.34. The Morgan fingerprint density at radius 2 is 2.14 bits per heavy atom. The van der Waals surface area contributed by atoms with E-state index in [1.165, 1.54) is 36.6 Å². The van der Waals surface area contributed by atoms with Crippen LogP contribution in [-0.2, 0) is 6.42 Å². The van der Waals surface area contributed by atoms with E-state index < -0.39 is 0 Å². The second-order valence-electron chi connectivity index (χ2n) is 6.15. The van der Waals surface area contributed by atoms with Crippen molar-refractivity contribution in [3.8, 4) is 0 Å². The predicted molar refractivity (Wildman–Crippen MR) is 93.2 cm³/mol. The molecule has 0 radical (unpaired) electrons. The molecule has 3 nitrogen and oxygen atoms in total. The van der Waals surface area contributed by atoms with Gasteiger partial charge in [-0.05, 0) is 76.4 Å². The first-order chi connectivity index (χ1) is 10.5. The van der Waals surface area contributed by atoms with Gasteiger partial charge >= 0.3 is 0 Å². The maximum atomic E-state index is 13.2. The molecule has 122 valence electrons. The molecule has 0 fully saturated rings. The lowest BCUT2D eigenvalue weighted by molar-refractivity contribution is 0.590. The van der Waals surface area contributed by atoms with Crippen molar-refractivity contribution in [1.82, 2.24) is 5.32 Å². The van der Waals surface area contributed by atoms with Gasteiger partial charge in [0.1, 0.15) is 5.83 Å².